The van der Waals surface area contributed by atoms with Gasteiger partial charge in [0, 0.05) is 18.5 Å². The van der Waals surface area contributed by atoms with Gasteiger partial charge in [0.25, 0.3) is 5.91 Å². The number of phenols is 1. The summed E-state index contributed by atoms with van der Waals surface area (Å²) in [6.07, 6.45) is 4.59. The van der Waals surface area contributed by atoms with Gasteiger partial charge in [0.2, 0.25) is 0 Å². The Morgan fingerprint density at radius 1 is 1.06 bits per heavy atom. The van der Waals surface area contributed by atoms with Crippen LogP contribution in [0.25, 0.3) is 22.6 Å². The number of nitrogens with zero attached hydrogens (tertiary/aromatic N) is 2. The molecule has 2 unspecified atom stereocenters. The second-order valence-electron chi connectivity index (χ2n) is 9.91. The Morgan fingerprint density at radius 3 is 2.51 bits per heavy atom. The normalized spacial score (nSPS) is 20.7. The van der Waals surface area contributed by atoms with E-state index in [0.717, 1.165) is 46.1 Å². The summed E-state index contributed by atoms with van der Waals surface area (Å²) in [5.41, 5.74) is 4.90. The number of fused-ring (bicyclic) bond motifs is 2. The minimum atomic E-state index is -0.475. The molecule has 2 aliphatic rings. The number of hydrogen-bond acceptors (Lipinski definition) is 5. The zero-order chi connectivity index (χ0) is 24.5. The first-order valence-electron chi connectivity index (χ1n) is 12.3. The summed E-state index contributed by atoms with van der Waals surface area (Å²) >= 11 is 0. The first-order valence-corrected chi connectivity index (χ1v) is 12.3. The van der Waals surface area contributed by atoms with Crippen LogP contribution >= 0.6 is 0 Å². The molecule has 1 aliphatic carbocycles. The number of allylic oxidation sites excluding steroid dienone is 1. The molecule has 1 N–H and O–H groups in total. The molecule has 35 heavy (non-hydrogen) atoms. The molecule has 1 saturated heterocycles. The van der Waals surface area contributed by atoms with Gasteiger partial charge in [-0.05, 0) is 72.1 Å². The summed E-state index contributed by atoms with van der Waals surface area (Å²) in [5, 5.41) is 10.3. The summed E-state index contributed by atoms with van der Waals surface area (Å²) in [5.74, 6) is 0.502. The van der Waals surface area contributed by atoms with Gasteiger partial charge in [-0.3, -0.25) is 4.79 Å². The molecule has 6 heteroatoms. The lowest BCUT2D eigenvalue weighted by Crippen LogP contribution is -2.44. The van der Waals surface area contributed by atoms with Crippen LogP contribution in [0.4, 0.5) is 0 Å². The highest BCUT2D eigenvalue weighted by atomic mass is 16.5. The predicted molar refractivity (Wildman–Crippen MR) is 136 cm³/mol. The monoisotopic (exact) mass is 470 g/mol. The maximum Gasteiger partial charge on any atom is 0.339 e. The van der Waals surface area contributed by atoms with Gasteiger partial charge in [-0.2, -0.15) is 0 Å². The number of para-hydroxylation sites is 1. The number of benzene rings is 2. The van der Waals surface area contributed by atoms with E-state index < -0.39 is 5.97 Å². The molecule has 2 atom stereocenters. The minimum absolute atomic E-state index is 0.139. The van der Waals surface area contributed by atoms with Crippen molar-refractivity contribution in [3.05, 3.63) is 70.9 Å². The number of pyridine rings is 1. The lowest BCUT2D eigenvalue weighted by molar-refractivity contribution is -0.137. The van der Waals surface area contributed by atoms with Gasteiger partial charge in [0.05, 0.1) is 16.8 Å². The molecule has 5 rings (SSSR count). The van der Waals surface area contributed by atoms with Crippen LogP contribution in [-0.2, 0) is 16.0 Å². The number of likely N-dealkylation sites (tertiary alicyclic amines) is 1. The Hall–Kier alpha value is -3.67. The number of piperidine rings is 1. The molecule has 6 nitrogen and oxygen atoms in total. The number of aromatic hydroxyl groups is 1. The van der Waals surface area contributed by atoms with Crippen molar-refractivity contribution in [2.24, 2.45) is 11.8 Å². The summed E-state index contributed by atoms with van der Waals surface area (Å²) in [6, 6.07) is 14.6. The van der Waals surface area contributed by atoms with Crippen LogP contribution in [0.15, 0.2) is 48.5 Å². The first kappa shape index (κ1) is 23.1. The minimum Gasteiger partial charge on any atom is -0.508 e. The van der Waals surface area contributed by atoms with Crippen molar-refractivity contribution in [2.75, 3.05) is 19.7 Å². The standard InChI is InChI=1S/C29H30N2O4/c1-18-13-19(2)16-31(15-18)26(33)17-35-29(34)27-23-5-3-4-6-25(23)30-28-21(9-12-24(27)28)14-20-7-10-22(32)11-8-20/h3-8,10-11,14,18-19,32H,9,12-13,15-17H2,1-2H3. The maximum atomic E-state index is 13.4. The average molecular weight is 471 g/mol. The third-order valence-corrected chi connectivity index (χ3v) is 6.93. The maximum absolute atomic E-state index is 13.4. The van der Waals surface area contributed by atoms with E-state index in [4.69, 9.17) is 9.72 Å². The molecule has 2 heterocycles. The van der Waals surface area contributed by atoms with Crippen LogP contribution in [0, 0.1) is 11.8 Å². The second-order valence-corrected chi connectivity index (χ2v) is 9.91. The largest absolute Gasteiger partial charge is 0.508 e. The number of aromatic nitrogens is 1. The van der Waals surface area contributed by atoms with Gasteiger partial charge in [-0.15, -0.1) is 0 Å². The van der Waals surface area contributed by atoms with E-state index >= 15 is 0 Å². The third-order valence-electron chi connectivity index (χ3n) is 6.93. The second kappa shape index (κ2) is 9.53. The van der Waals surface area contributed by atoms with Crippen LogP contribution in [-0.4, -0.2) is 46.6 Å². The molecule has 2 aromatic carbocycles. The molecule has 0 saturated carbocycles. The van der Waals surface area contributed by atoms with Crippen molar-refractivity contribution in [1.82, 2.24) is 9.88 Å². The highest BCUT2D eigenvalue weighted by Crippen LogP contribution is 2.38. The fraction of sp³-hybridized carbons (Fsp3) is 0.345. The number of esters is 1. The molecule has 0 bridgehead atoms. The molecular weight excluding hydrogens is 440 g/mol. The molecule has 3 aromatic rings. The highest BCUT2D eigenvalue weighted by molar-refractivity contribution is 6.07. The smallest absolute Gasteiger partial charge is 0.339 e. The number of ether oxygens (including phenoxy) is 1. The van der Waals surface area contributed by atoms with Crippen molar-refractivity contribution < 1.29 is 19.4 Å². The van der Waals surface area contributed by atoms with Gasteiger partial charge < -0.3 is 14.7 Å². The van der Waals surface area contributed by atoms with Crippen LogP contribution in [0.3, 0.4) is 0 Å². The van der Waals surface area contributed by atoms with Crippen molar-refractivity contribution in [3.63, 3.8) is 0 Å². The summed E-state index contributed by atoms with van der Waals surface area (Å²) in [6.45, 7) is 5.47. The Bertz CT molecular complexity index is 1300. The van der Waals surface area contributed by atoms with Gasteiger partial charge in [-0.25, -0.2) is 9.78 Å². The zero-order valence-corrected chi connectivity index (χ0v) is 20.2. The van der Waals surface area contributed by atoms with E-state index in [2.05, 4.69) is 13.8 Å². The van der Waals surface area contributed by atoms with Crippen molar-refractivity contribution in [3.8, 4) is 5.75 Å². The molecule has 1 amide bonds. The Balaban J connectivity index is 1.43. The molecule has 1 aliphatic heterocycles. The van der Waals surface area contributed by atoms with E-state index in [1.54, 1.807) is 12.1 Å². The molecule has 1 aromatic heterocycles. The number of carbonyl (C=O) groups is 2. The predicted octanol–water partition coefficient (Wildman–Crippen LogP) is 5.09. The Labute approximate surface area is 205 Å². The van der Waals surface area contributed by atoms with E-state index in [0.29, 0.717) is 36.9 Å². The summed E-state index contributed by atoms with van der Waals surface area (Å²) in [4.78, 5) is 32.9. The van der Waals surface area contributed by atoms with Crippen molar-refractivity contribution in [1.29, 1.82) is 0 Å². The van der Waals surface area contributed by atoms with Gasteiger partial charge >= 0.3 is 5.97 Å². The lowest BCUT2D eigenvalue weighted by Gasteiger charge is -2.34. The zero-order valence-electron chi connectivity index (χ0n) is 20.2. The van der Waals surface area contributed by atoms with E-state index in [1.807, 2.05) is 47.4 Å². The lowest BCUT2D eigenvalue weighted by atomic mass is 9.92. The quantitative estimate of drug-likeness (QED) is 0.538. The SMILES string of the molecule is CC1CC(C)CN(C(=O)COC(=O)c2c3c(nc4ccccc24)C(=Cc2ccc(O)cc2)CC3)C1. The molecule has 180 valence electrons. The topological polar surface area (TPSA) is 79.7 Å². The van der Waals surface area contributed by atoms with E-state index in [-0.39, 0.29) is 18.3 Å². The van der Waals surface area contributed by atoms with Crippen LogP contribution < -0.4 is 0 Å². The fourth-order valence-corrected chi connectivity index (χ4v) is 5.44. The van der Waals surface area contributed by atoms with E-state index in [9.17, 15) is 14.7 Å². The molecule has 0 radical (unpaired) electrons. The van der Waals surface area contributed by atoms with Gasteiger partial charge in [0.15, 0.2) is 6.61 Å². The third kappa shape index (κ3) is 4.78. The number of carbonyl (C=O) groups excluding carboxylic acids is 2. The van der Waals surface area contributed by atoms with Crippen molar-refractivity contribution >= 4 is 34.4 Å². The summed E-state index contributed by atoms with van der Waals surface area (Å²) in [7, 11) is 0. The Kier molecular flexibility index (Phi) is 6.29. The number of phenolic OH excluding ortho intramolecular Hbond substituents is 1. The highest BCUT2D eigenvalue weighted by Gasteiger charge is 2.29. The molecule has 0 spiro atoms. The molecular formula is C29H30N2O4. The number of amides is 1. The van der Waals surface area contributed by atoms with Crippen LogP contribution in [0.2, 0.25) is 0 Å². The van der Waals surface area contributed by atoms with Crippen LogP contribution in [0.1, 0.15) is 53.9 Å². The Morgan fingerprint density at radius 2 is 1.77 bits per heavy atom. The van der Waals surface area contributed by atoms with Crippen molar-refractivity contribution in [2.45, 2.75) is 33.1 Å². The number of hydrogen-bond donors (Lipinski definition) is 1. The summed E-state index contributed by atoms with van der Waals surface area (Å²) < 4.78 is 5.61. The van der Waals surface area contributed by atoms with Crippen LogP contribution in [0.5, 0.6) is 5.75 Å². The molecule has 1 fully saturated rings. The van der Waals surface area contributed by atoms with Gasteiger partial charge in [-0.1, -0.05) is 44.2 Å². The number of rotatable bonds is 4. The fourth-order valence-electron chi connectivity index (χ4n) is 5.44. The average Bonchev–Trinajstić information content (AvgIpc) is 3.23. The van der Waals surface area contributed by atoms with Gasteiger partial charge in [0.1, 0.15) is 5.75 Å². The van der Waals surface area contributed by atoms with E-state index in [1.165, 1.54) is 0 Å². The first-order chi connectivity index (χ1) is 16.9.